The number of hydrogen-bond donors (Lipinski definition) is 2. The zero-order valence-corrected chi connectivity index (χ0v) is 18.4. The predicted octanol–water partition coefficient (Wildman–Crippen LogP) is 6.07. The molecule has 8 nitrogen and oxygen atoms in total. The number of nitrogens with one attached hydrogen (secondary N) is 1. The van der Waals surface area contributed by atoms with Gasteiger partial charge < -0.3 is 5.11 Å². The number of azo groups is 1. The van der Waals surface area contributed by atoms with Gasteiger partial charge in [0.2, 0.25) is 5.13 Å². The Balaban J connectivity index is 1.57. The first kappa shape index (κ1) is 21.2. The van der Waals surface area contributed by atoms with Crippen LogP contribution in [0.4, 0.5) is 11.4 Å². The quantitative estimate of drug-likeness (QED) is 0.295. The number of carboxylic acids is 1. The molecule has 0 saturated carbocycles. The number of aromatic amines is 1. The fraction of sp³-hybridized carbons (Fsp3) is 0. The normalized spacial score (nSPS) is 11.2. The number of benzene rings is 3. The van der Waals surface area contributed by atoms with Gasteiger partial charge in [0, 0.05) is 16.5 Å². The van der Waals surface area contributed by atoms with E-state index in [-0.39, 0.29) is 11.3 Å². The Hall–Kier alpha value is -4.63. The van der Waals surface area contributed by atoms with Crippen molar-refractivity contribution in [3.63, 3.8) is 0 Å². The maximum atomic E-state index is 13.3. The molecular formula is C25H17N5O3S. The third-order valence-electron chi connectivity index (χ3n) is 5.06. The summed E-state index contributed by atoms with van der Waals surface area (Å²) in [4.78, 5) is 29.0. The fourth-order valence-corrected chi connectivity index (χ4v) is 4.14. The highest BCUT2D eigenvalue weighted by atomic mass is 32.1. The maximum absolute atomic E-state index is 13.3. The molecule has 0 amide bonds. The van der Waals surface area contributed by atoms with Crippen LogP contribution in [0.25, 0.3) is 27.6 Å². The predicted molar refractivity (Wildman–Crippen MR) is 131 cm³/mol. The van der Waals surface area contributed by atoms with E-state index in [1.54, 1.807) is 0 Å². The molecule has 5 rings (SSSR count). The maximum Gasteiger partial charge on any atom is 0.335 e. The lowest BCUT2D eigenvalue weighted by molar-refractivity contribution is 0.0697. The molecule has 0 aliphatic rings. The number of thiazole rings is 1. The first-order valence-electron chi connectivity index (χ1n) is 10.3. The van der Waals surface area contributed by atoms with Gasteiger partial charge >= 0.3 is 11.5 Å². The number of carboxylic acid groups (broad SMARTS) is 1. The van der Waals surface area contributed by atoms with Gasteiger partial charge in [-0.25, -0.2) is 9.78 Å². The van der Waals surface area contributed by atoms with E-state index in [2.05, 4.69) is 20.3 Å². The molecule has 3 aromatic carbocycles. The number of hydrogen-bond acceptors (Lipinski definition) is 6. The van der Waals surface area contributed by atoms with Gasteiger partial charge in [0.1, 0.15) is 0 Å². The third-order valence-corrected chi connectivity index (χ3v) is 5.89. The molecule has 0 saturated heterocycles. The molecule has 2 N–H and O–H groups in total. The minimum absolute atomic E-state index is 0.130. The lowest BCUT2D eigenvalue weighted by Crippen LogP contribution is -2.13. The van der Waals surface area contributed by atoms with E-state index in [0.717, 1.165) is 16.8 Å². The van der Waals surface area contributed by atoms with Gasteiger partial charge in [-0.1, -0.05) is 60.7 Å². The van der Waals surface area contributed by atoms with Crippen molar-refractivity contribution in [2.45, 2.75) is 0 Å². The summed E-state index contributed by atoms with van der Waals surface area (Å²) in [6, 6.07) is 25.0. The van der Waals surface area contributed by atoms with E-state index >= 15 is 0 Å². The van der Waals surface area contributed by atoms with E-state index in [0.29, 0.717) is 16.5 Å². The summed E-state index contributed by atoms with van der Waals surface area (Å²) in [6.07, 6.45) is 0. The van der Waals surface area contributed by atoms with Crippen LogP contribution >= 0.6 is 11.3 Å². The van der Waals surface area contributed by atoms with Crippen molar-refractivity contribution in [1.82, 2.24) is 14.8 Å². The highest BCUT2D eigenvalue weighted by Crippen LogP contribution is 2.30. The van der Waals surface area contributed by atoms with Crippen LogP contribution in [-0.2, 0) is 0 Å². The molecular weight excluding hydrogens is 450 g/mol. The number of nitrogens with zero attached hydrogens (tertiary/aromatic N) is 4. The Bertz CT molecular complexity index is 1540. The molecule has 0 radical (unpaired) electrons. The second kappa shape index (κ2) is 9.08. The number of rotatable bonds is 6. The highest BCUT2D eigenvalue weighted by molar-refractivity contribution is 7.12. The number of aromatic carboxylic acids is 1. The molecule has 5 aromatic rings. The van der Waals surface area contributed by atoms with Crippen LogP contribution in [0.1, 0.15) is 10.4 Å². The van der Waals surface area contributed by atoms with Crippen molar-refractivity contribution < 1.29 is 9.90 Å². The van der Waals surface area contributed by atoms with Crippen molar-refractivity contribution in [3.8, 4) is 27.6 Å². The molecule has 34 heavy (non-hydrogen) atoms. The van der Waals surface area contributed by atoms with Crippen LogP contribution in [0.3, 0.4) is 0 Å². The Morgan fingerprint density at radius 3 is 2.18 bits per heavy atom. The average molecular weight is 468 g/mol. The summed E-state index contributed by atoms with van der Waals surface area (Å²) in [5.74, 6) is -1.03. The van der Waals surface area contributed by atoms with Crippen LogP contribution in [0.15, 0.2) is 105 Å². The molecule has 166 valence electrons. The molecule has 2 heterocycles. The fourth-order valence-electron chi connectivity index (χ4n) is 3.35. The molecule has 9 heteroatoms. The van der Waals surface area contributed by atoms with Crippen LogP contribution in [-0.4, -0.2) is 25.8 Å². The average Bonchev–Trinajstić information content (AvgIpc) is 3.49. The number of carbonyl (C=O) groups is 1. The Morgan fingerprint density at radius 1 is 0.882 bits per heavy atom. The minimum Gasteiger partial charge on any atom is -0.478 e. The molecule has 0 fully saturated rings. The Labute approximate surface area is 197 Å². The first-order valence-corrected chi connectivity index (χ1v) is 11.1. The SMILES string of the molecule is O=C(O)c1ccc(N=Nc2c(-c3ccccc3)[nH]n(-c3nc(-c4ccccc4)cs3)c2=O)cc1. The van der Waals surface area contributed by atoms with E-state index in [1.165, 1.54) is 40.3 Å². The largest absolute Gasteiger partial charge is 0.478 e. The lowest BCUT2D eigenvalue weighted by Gasteiger charge is -1.99. The summed E-state index contributed by atoms with van der Waals surface area (Å²) in [5, 5.41) is 23.0. The van der Waals surface area contributed by atoms with E-state index in [9.17, 15) is 9.59 Å². The van der Waals surface area contributed by atoms with Gasteiger partial charge in [0.15, 0.2) is 5.69 Å². The van der Waals surface area contributed by atoms with Gasteiger partial charge in [-0.3, -0.25) is 9.89 Å². The Kier molecular flexibility index (Phi) is 5.67. The summed E-state index contributed by atoms with van der Waals surface area (Å²) in [7, 11) is 0. The number of aromatic nitrogens is 3. The number of H-pyrrole nitrogens is 1. The summed E-state index contributed by atoms with van der Waals surface area (Å²) < 4.78 is 1.36. The van der Waals surface area contributed by atoms with Gasteiger partial charge in [-0.05, 0) is 24.3 Å². The van der Waals surface area contributed by atoms with Crippen molar-refractivity contribution in [3.05, 3.63) is 106 Å². The molecule has 2 aromatic heterocycles. The van der Waals surface area contributed by atoms with Gasteiger partial charge in [-0.15, -0.1) is 16.5 Å². The zero-order chi connectivity index (χ0) is 23.5. The van der Waals surface area contributed by atoms with Crippen LogP contribution in [0.2, 0.25) is 0 Å². The van der Waals surface area contributed by atoms with Crippen LogP contribution < -0.4 is 5.56 Å². The van der Waals surface area contributed by atoms with Crippen molar-refractivity contribution in [2.75, 3.05) is 0 Å². The second-order valence-electron chi connectivity index (χ2n) is 7.28. The van der Waals surface area contributed by atoms with Gasteiger partial charge in [-0.2, -0.15) is 9.80 Å². The van der Waals surface area contributed by atoms with Crippen LogP contribution in [0.5, 0.6) is 0 Å². The zero-order valence-electron chi connectivity index (χ0n) is 17.6. The minimum atomic E-state index is -1.03. The molecule has 0 aliphatic carbocycles. The van der Waals surface area contributed by atoms with E-state index in [1.807, 2.05) is 66.0 Å². The smallest absolute Gasteiger partial charge is 0.335 e. The molecule has 0 unspecified atom stereocenters. The molecule has 0 atom stereocenters. The second-order valence-corrected chi connectivity index (χ2v) is 8.11. The lowest BCUT2D eigenvalue weighted by atomic mass is 10.1. The van der Waals surface area contributed by atoms with Gasteiger partial charge in [0.25, 0.3) is 0 Å². The standard InChI is InChI=1S/C25H17N5O3S/c31-23-22(28-27-19-13-11-18(12-14-19)24(32)33)21(17-9-5-2-6-10-17)29-30(23)25-26-20(15-34-25)16-7-3-1-4-8-16/h1-15,29H,(H,32,33). The first-order chi connectivity index (χ1) is 16.6. The van der Waals surface area contributed by atoms with E-state index < -0.39 is 11.5 Å². The third kappa shape index (κ3) is 4.19. The van der Waals surface area contributed by atoms with Crippen LogP contribution in [0, 0.1) is 0 Å². The summed E-state index contributed by atoms with van der Waals surface area (Å²) in [5.41, 5.74) is 3.32. The van der Waals surface area contributed by atoms with E-state index in [4.69, 9.17) is 5.11 Å². The monoisotopic (exact) mass is 467 g/mol. The van der Waals surface area contributed by atoms with Gasteiger partial charge in [0.05, 0.1) is 22.6 Å². The van der Waals surface area contributed by atoms with Crippen molar-refractivity contribution in [2.24, 2.45) is 10.2 Å². The highest BCUT2D eigenvalue weighted by Gasteiger charge is 2.19. The summed E-state index contributed by atoms with van der Waals surface area (Å²) >= 11 is 1.34. The van der Waals surface area contributed by atoms with Crippen molar-refractivity contribution >= 4 is 28.7 Å². The molecule has 0 spiro atoms. The summed E-state index contributed by atoms with van der Waals surface area (Å²) in [6.45, 7) is 0. The Morgan fingerprint density at radius 2 is 1.53 bits per heavy atom. The molecule has 0 aliphatic heterocycles. The topological polar surface area (TPSA) is 113 Å². The molecule has 0 bridgehead atoms. The van der Waals surface area contributed by atoms with Crippen molar-refractivity contribution in [1.29, 1.82) is 0 Å².